The van der Waals surface area contributed by atoms with Crippen molar-refractivity contribution in [3.8, 4) is 11.1 Å². The monoisotopic (exact) mass is 301 g/mol. The van der Waals surface area contributed by atoms with Crippen molar-refractivity contribution in [3.63, 3.8) is 0 Å². The van der Waals surface area contributed by atoms with Crippen LogP contribution in [0.4, 0.5) is 11.4 Å². The average Bonchev–Trinajstić information content (AvgIpc) is 2.55. The lowest BCUT2D eigenvalue weighted by Gasteiger charge is -2.20. The van der Waals surface area contributed by atoms with Crippen LogP contribution in [0, 0.1) is 0 Å². The fourth-order valence-electron chi connectivity index (χ4n) is 2.64. The van der Waals surface area contributed by atoms with Gasteiger partial charge in [0.05, 0.1) is 0 Å². The first-order valence-electron chi connectivity index (χ1n) is 8.05. The van der Waals surface area contributed by atoms with Crippen LogP contribution in [0.25, 0.3) is 11.1 Å². The van der Waals surface area contributed by atoms with Crippen molar-refractivity contribution in [1.29, 1.82) is 0 Å². The van der Waals surface area contributed by atoms with Gasteiger partial charge in [0.1, 0.15) is 0 Å². The van der Waals surface area contributed by atoms with Crippen LogP contribution >= 0.6 is 0 Å². The van der Waals surface area contributed by atoms with Crippen molar-refractivity contribution in [1.82, 2.24) is 0 Å². The van der Waals surface area contributed by atoms with Crippen LogP contribution in [0.3, 0.4) is 0 Å². The molecule has 0 bridgehead atoms. The highest BCUT2D eigenvalue weighted by atomic mass is 14.9. The van der Waals surface area contributed by atoms with Crippen molar-refractivity contribution in [2.75, 3.05) is 5.32 Å². The number of benzene rings is 3. The van der Waals surface area contributed by atoms with Gasteiger partial charge in [0.2, 0.25) is 0 Å². The van der Waals surface area contributed by atoms with Gasteiger partial charge in [-0.05, 0) is 46.4 Å². The molecule has 1 heteroatoms. The average molecular weight is 301 g/mol. The maximum Gasteiger partial charge on any atom is 0.0390 e. The number of hydrogen-bond donors (Lipinski definition) is 1. The van der Waals surface area contributed by atoms with Gasteiger partial charge in [-0.15, -0.1) is 0 Å². The van der Waals surface area contributed by atoms with Gasteiger partial charge in [0.25, 0.3) is 0 Å². The first-order valence-corrected chi connectivity index (χ1v) is 8.05. The molecule has 0 aliphatic rings. The minimum Gasteiger partial charge on any atom is -0.356 e. The second kappa shape index (κ2) is 6.29. The molecule has 3 aromatic rings. The summed E-state index contributed by atoms with van der Waals surface area (Å²) in [6.45, 7) is 6.71. The molecule has 0 fully saturated rings. The van der Waals surface area contributed by atoms with Crippen LogP contribution in [0.15, 0.2) is 78.9 Å². The van der Waals surface area contributed by atoms with Crippen LogP contribution < -0.4 is 5.32 Å². The van der Waals surface area contributed by atoms with Crippen molar-refractivity contribution in [2.24, 2.45) is 0 Å². The zero-order valence-corrected chi connectivity index (χ0v) is 14.0. The fourth-order valence-corrected chi connectivity index (χ4v) is 2.64. The number of rotatable bonds is 3. The molecular formula is C22H23N. The highest BCUT2D eigenvalue weighted by molar-refractivity contribution is 5.71. The summed E-state index contributed by atoms with van der Waals surface area (Å²) in [5.41, 5.74) is 6.19. The SMILES string of the molecule is CC(C)(C)c1cccc(Nc2cccc(-c3ccccc3)c2)c1. The number of nitrogens with one attached hydrogen (secondary N) is 1. The summed E-state index contributed by atoms with van der Waals surface area (Å²) in [7, 11) is 0. The standard InChI is InChI=1S/C22H23N/c1-22(2,3)19-12-8-14-21(16-19)23-20-13-7-11-18(15-20)17-9-5-4-6-10-17/h4-16,23H,1-3H3. The van der Waals surface area contributed by atoms with Gasteiger partial charge in [-0.25, -0.2) is 0 Å². The van der Waals surface area contributed by atoms with Crippen LogP contribution in [0.2, 0.25) is 0 Å². The molecule has 23 heavy (non-hydrogen) atoms. The zero-order valence-electron chi connectivity index (χ0n) is 14.0. The number of anilines is 2. The quantitative estimate of drug-likeness (QED) is 0.590. The summed E-state index contributed by atoms with van der Waals surface area (Å²) in [5.74, 6) is 0. The Labute approximate surface area is 139 Å². The van der Waals surface area contributed by atoms with E-state index in [0.717, 1.165) is 11.4 Å². The van der Waals surface area contributed by atoms with E-state index in [1.165, 1.54) is 16.7 Å². The zero-order chi connectivity index (χ0) is 16.3. The van der Waals surface area contributed by atoms with E-state index < -0.39 is 0 Å². The van der Waals surface area contributed by atoms with Gasteiger partial charge >= 0.3 is 0 Å². The summed E-state index contributed by atoms with van der Waals surface area (Å²) in [5, 5.41) is 3.53. The molecule has 3 rings (SSSR count). The molecule has 0 saturated carbocycles. The molecule has 0 spiro atoms. The minimum absolute atomic E-state index is 0.156. The van der Waals surface area contributed by atoms with Gasteiger partial charge in [0.15, 0.2) is 0 Å². The molecule has 0 aliphatic carbocycles. The van der Waals surface area contributed by atoms with E-state index in [2.05, 4.69) is 98.9 Å². The topological polar surface area (TPSA) is 12.0 Å². The first kappa shape index (κ1) is 15.4. The Bertz CT molecular complexity index is 782. The van der Waals surface area contributed by atoms with E-state index in [1.807, 2.05) is 6.07 Å². The molecule has 0 unspecified atom stereocenters. The molecule has 3 aromatic carbocycles. The third-order valence-corrected chi connectivity index (χ3v) is 3.99. The van der Waals surface area contributed by atoms with Crippen molar-refractivity contribution < 1.29 is 0 Å². The predicted octanol–water partition coefficient (Wildman–Crippen LogP) is 6.39. The van der Waals surface area contributed by atoms with Crippen LogP contribution in [0.1, 0.15) is 26.3 Å². The minimum atomic E-state index is 0.156. The van der Waals surface area contributed by atoms with Gasteiger partial charge in [-0.1, -0.05) is 75.4 Å². The molecule has 1 N–H and O–H groups in total. The largest absolute Gasteiger partial charge is 0.356 e. The smallest absolute Gasteiger partial charge is 0.0390 e. The van der Waals surface area contributed by atoms with Gasteiger partial charge in [-0.3, -0.25) is 0 Å². The van der Waals surface area contributed by atoms with Gasteiger partial charge < -0.3 is 5.32 Å². The molecule has 0 saturated heterocycles. The fraction of sp³-hybridized carbons (Fsp3) is 0.182. The van der Waals surface area contributed by atoms with E-state index in [-0.39, 0.29) is 5.41 Å². The Kier molecular flexibility index (Phi) is 4.20. The van der Waals surface area contributed by atoms with Crippen molar-refractivity contribution >= 4 is 11.4 Å². The van der Waals surface area contributed by atoms with E-state index in [1.54, 1.807) is 0 Å². The highest BCUT2D eigenvalue weighted by Gasteiger charge is 2.13. The second-order valence-corrected chi connectivity index (χ2v) is 6.90. The first-order chi connectivity index (χ1) is 11.0. The molecule has 0 aromatic heterocycles. The molecule has 0 aliphatic heterocycles. The lowest BCUT2D eigenvalue weighted by atomic mass is 9.87. The molecule has 0 radical (unpaired) electrons. The van der Waals surface area contributed by atoms with Gasteiger partial charge in [0, 0.05) is 11.4 Å². The predicted molar refractivity (Wildman–Crippen MR) is 100 cm³/mol. The van der Waals surface area contributed by atoms with Crippen LogP contribution in [-0.4, -0.2) is 0 Å². The Morgan fingerprint density at radius 3 is 1.91 bits per heavy atom. The third kappa shape index (κ3) is 3.81. The van der Waals surface area contributed by atoms with E-state index in [4.69, 9.17) is 0 Å². The maximum absolute atomic E-state index is 3.53. The normalized spacial score (nSPS) is 11.3. The van der Waals surface area contributed by atoms with Gasteiger partial charge in [-0.2, -0.15) is 0 Å². The summed E-state index contributed by atoms with van der Waals surface area (Å²) in [6, 6.07) is 27.7. The molecule has 0 atom stereocenters. The molecule has 1 nitrogen and oxygen atoms in total. The lowest BCUT2D eigenvalue weighted by Crippen LogP contribution is -2.11. The summed E-state index contributed by atoms with van der Waals surface area (Å²) < 4.78 is 0. The van der Waals surface area contributed by atoms with Crippen LogP contribution in [-0.2, 0) is 5.41 Å². The Morgan fingerprint density at radius 1 is 0.609 bits per heavy atom. The van der Waals surface area contributed by atoms with E-state index >= 15 is 0 Å². The Hall–Kier alpha value is -2.54. The maximum atomic E-state index is 3.53. The summed E-state index contributed by atoms with van der Waals surface area (Å²) in [6.07, 6.45) is 0. The Balaban J connectivity index is 1.87. The molecule has 0 amide bonds. The Morgan fingerprint density at radius 2 is 1.22 bits per heavy atom. The second-order valence-electron chi connectivity index (χ2n) is 6.90. The molecule has 0 heterocycles. The van der Waals surface area contributed by atoms with E-state index in [9.17, 15) is 0 Å². The van der Waals surface area contributed by atoms with E-state index in [0.29, 0.717) is 0 Å². The third-order valence-electron chi connectivity index (χ3n) is 3.99. The number of hydrogen-bond acceptors (Lipinski definition) is 1. The molecular weight excluding hydrogens is 278 g/mol. The summed E-state index contributed by atoms with van der Waals surface area (Å²) in [4.78, 5) is 0. The van der Waals surface area contributed by atoms with Crippen molar-refractivity contribution in [3.05, 3.63) is 84.4 Å². The molecule has 116 valence electrons. The summed E-state index contributed by atoms with van der Waals surface area (Å²) >= 11 is 0. The van der Waals surface area contributed by atoms with Crippen molar-refractivity contribution in [2.45, 2.75) is 26.2 Å². The lowest BCUT2D eigenvalue weighted by molar-refractivity contribution is 0.590. The highest BCUT2D eigenvalue weighted by Crippen LogP contribution is 2.28. The van der Waals surface area contributed by atoms with Crippen LogP contribution in [0.5, 0.6) is 0 Å².